The van der Waals surface area contributed by atoms with Crippen molar-refractivity contribution in [3.8, 4) is 5.75 Å². The highest BCUT2D eigenvalue weighted by atomic mass is 32.2. The SMILES string of the molecule is COc1ccc(S(=O)(=O)N2CCCC2)cc1CCC(=O)N1CCN(C)CC1. The Bertz CT molecular complexity index is 767. The first kappa shape index (κ1) is 20.1. The Morgan fingerprint density at radius 2 is 1.74 bits per heavy atom. The van der Waals surface area contributed by atoms with Crippen LogP contribution in [0, 0.1) is 0 Å². The van der Waals surface area contributed by atoms with Gasteiger partial charge in [0.05, 0.1) is 12.0 Å². The van der Waals surface area contributed by atoms with E-state index in [1.807, 2.05) is 4.90 Å². The predicted octanol–water partition coefficient (Wildman–Crippen LogP) is 1.19. The Morgan fingerprint density at radius 3 is 2.37 bits per heavy atom. The van der Waals surface area contributed by atoms with Gasteiger partial charge < -0.3 is 14.5 Å². The topological polar surface area (TPSA) is 70.2 Å². The van der Waals surface area contributed by atoms with Crippen LogP contribution in [0.2, 0.25) is 0 Å². The monoisotopic (exact) mass is 395 g/mol. The molecule has 0 aromatic heterocycles. The maximum atomic E-state index is 12.8. The van der Waals surface area contributed by atoms with Crippen molar-refractivity contribution in [2.24, 2.45) is 0 Å². The summed E-state index contributed by atoms with van der Waals surface area (Å²) >= 11 is 0. The molecule has 0 atom stereocenters. The number of ether oxygens (including phenoxy) is 1. The number of amides is 1. The molecule has 1 aromatic carbocycles. The van der Waals surface area contributed by atoms with Crippen LogP contribution in [0.4, 0.5) is 0 Å². The van der Waals surface area contributed by atoms with E-state index in [1.54, 1.807) is 25.3 Å². The van der Waals surface area contributed by atoms with Crippen LogP contribution in [-0.4, -0.2) is 81.9 Å². The summed E-state index contributed by atoms with van der Waals surface area (Å²) < 4.78 is 32.5. The third-order valence-corrected chi connectivity index (χ3v) is 7.31. The lowest BCUT2D eigenvalue weighted by atomic mass is 10.1. The highest BCUT2D eigenvalue weighted by molar-refractivity contribution is 7.89. The van der Waals surface area contributed by atoms with Crippen molar-refractivity contribution in [2.45, 2.75) is 30.6 Å². The summed E-state index contributed by atoms with van der Waals surface area (Å²) in [6, 6.07) is 4.96. The number of carbonyl (C=O) groups excluding carboxylic acids is 1. The minimum atomic E-state index is -3.47. The summed E-state index contributed by atoms with van der Waals surface area (Å²) in [6.07, 6.45) is 2.63. The number of benzene rings is 1. The molecule has 8 heteroatoms. The van der Waals surface area contributed by atoms with Crippen LogP contribution in [0.25, 0.3) is 0 Å². The zero-order valence-electron chi connectivity index (χ0n) is 16.2. The molecular weight excluding hydrogens is 366 g/mol. The van der Waals surface area contributed by atoms with Gasteiger partial charge in [0.1, 0.15) is 5.75 Å². The summed E-state index contributed by atoms with van der Waals surface area (Å²) in [5, 5.41) is 0. The standard InChI is InChI=1S/C19H29N3O4S/c1-20-11-13-21(14-12-20)19(23)8-5-16-15-17(6-7-18(16)26-2)27(24,25)22-9-3-4-10-22/h6-7,15H,3-5,8-14H2,1-2H3. The second-order valence-corrected chi connectivity index (χ2v) is 9.21. The molecule has 2 fully saturated rings. The van der Waals surface area contributed by atoms with Crippen LogP contribution in [0.1, 0.15) is 24.8 Å². The predicted molar refractivity (Wildman–Crippen MR) is 103 cm³/mol. The maximum Gasteiger partial charge on any atom is 0.243 e. The van der Waals surface area contributed by atoms with Crippen molar-refractivity contribution < 1.29 is 17.9 Å². The molecule has 3 rings (SSSR count). The van der Waals surface area contributed by atoms with Gasteiger partial charge >= 0.3 is 0 Å². The Labute approximate surface area is 161 Å². The van der Waals surface area contributed by atoms with Gasteiger partial charge in [-0.15, -0.1) is 0 Å². The van der Waals surface area contributed by atoms with Crippen molar-refractivity contribution in [1.29, 1.82) is 0 Å². The quantitative estimate of drug-likeness (QED) is 0.724. The molecule has 2 saturated heterocycles. The Balaban J connectivity index is 1.71. The van der Waals surface area contributed by atoms with Crippen LogP contribution in [-0.2, 0) is 21.2 Å². The molecule has 2 heterocycles. The average molecular weight is 396 g/mol. The highest BCUT2D eigenvalue weighted by Gasteiger charge is 2.28. The summed E-state index contributed by atoms with van der Waals surface area (Å²) in [7, 11) is 0.145. The van der Waals surface area contributed by atoms with Gasteiger partial charge in [-0.25, -0.2) is 8.42 Å². The smallest absolute Gasteiger partial charge is 0.243 e. The number of hydrogen-bond acceptors (Lipinski definition) is 5. The van der Waals surface area contributed by atoms with E-state index < -0.39 is 10.0 Å². The second kappa shape index (κ2) is 8.58. The molecular formula is C19H29N3O4S. The van der Waals surface area contributed by atoms with Crippen molar-refractivity contribution in [1.82, 2.24) is 14.1 Å². The fourth-order valence-electron chi connectivity index (χ4n) is 3.64. The number of hydrogen-bond donors (Lipinski definition) is 0. The lowest BCUT2D eigenvalue weighted by Gasteiger charge is -2.32. The largest absolute Gasteiger partial charge is 0.496 e. The number of sulfonamides is 1. The van der Waals surface area contributed by atoms with Gasteiger partial charge in [0.15, 0.2) is 0 Å². The van der Waals surface area contributed by atoms with E-state index in [4.69, 9.17) is 4.74 Å². The molecule has 2 aliphatic rings. The Hall–Kier alpha value is -1.64. The van der Waals surface area contributed by atoms with Crippen LogP contribution >= 0.6 is 0 Å². The zero-order chi connectivity index (χ0) is 19.4. The van der Waals surface area contributed by atoms with Crippen molar-refractivity contribution >= 4 is 15.9 Å². The molecule has 2 aliphatic heterocycles. The number of piperazine rings is 1. The first-order chi connectivity index (χ1) is 12.9. The molecule has 0 radical (unpaired) electrons. The van der Waals surface area contributed by atoms with Gasteiger partial charge in [0, 0.05) is 45.7 Å². The summed E-state index contributed by atoms with van der Waals surface area (Å²) in [4.78, 5) is 16.9. The molecule has 1 aromatic rings. The van der Waals surface area contributed by atoms with Gasteiger partial charge in [-0.3, -0.25) is 4.79 Å². The minimum absolute atomic E-state index is 0.109. The molecule has 7 nitrogen and oxygen atoms in total. The second-order valence-electron chi connectivity index (χ2n) is 7.27. The third-order valence-electron chi connectivity index (χ3n) is 5.42. The molecule has 0 bridgehead atoms. The normalized spacial score (nSPS) is 19.4. The van der Waals surface area contributed by atoms with Gasteiger partial charge in [0.2, 0.25) is 15.9 Å². The molecule has 0 N–H and O–H groups in total. The van der Waals surface area contributed by atoms with Crippen molar-refractivity contribution in [3.63, 3.8) is 0 Å². The van der Waals surface area contributed by atoms with Crippen LogP contribution in [0.5, 0.6) is 5.75 Å². The fourth-order valence-corrected chi connectivity index (χ4v) is 5.21. The Kier molecular flexibility index (Phi) is 6.39. The number of methoxy groups -OCH3 is 1. The van der Waals surface area contributed by atoms with E-state index in [1.165, 1.54) is 4.31 Å². The van der Waals surface area contributed by atoms with E-state index in [0.717, 1.165) is 44.6 Å². The van der Waals surface area contributed by atoms with Gasteiger partial charge in [-0.05, 0) is 50.1 Å². The van der Waals surface area contributed by atoms with E-state index in [9.17, 15) is 13.2 Å². The summed E-state index contributed by atoms with van der Waals surface area (Å²) in [5.74, 6) is 0.736. The number of rotatable bonds is 6. The molecule has 1 amide bonds. The molecule has 0 saturated carbocycles. The third kappa shape index (κ3) is 4.62. The first-order valence-electron chi connectivity index (χ1n) is 9.55. The number of aryl methyl sites for hydroxylation is 1. The average Bonchev–Trinajstić information content (AvgIpc) is 3.22. The molecule has 150 valence electrons. The zero-order valence-corrected chi connectivity index (χ0v) is 17.0. The van der Waals surface area contributed by atoms with Gasteiger partial charge in [-0.1, -0.05) is 0 Å². The first-order valence-corrected chi connectivity index (χ1v) is 11.0. The van der Waals surface area contributed by atoms with Gasteiger partial charge in [0.25, 0.3) is 0 Å². The van der Waals surface area contributed by atoms with Crippen molar-refractivity contribution in [2.75, 3.05) is 53.4 Å². The Morgan fingerprint density at radius 1 is 1.07 bits per heavy atom. The number of nitrogens with zero attached hydrogens (tertiary/aromatic N) is 3. The maximum absolute atomic E-state index is 12.8. The van der Waals surface area contributed by atoms with E-state index in [2.05, 4.69) is 11.9 Å². The highest BCUT2D eigenvalue weighted by Crippen LogP contribution is 2.27. The lowest BCUT2D eigenvalue weighted by Crippen LogP contribution is -2.47. The van der Waals surface area contributed by atoms with Gasteiger partial charge in [-0.2, -0.15) is 4.31 Å². The number of carbonyl (C=O) groups is 1. The molecule has 0 spiro atoms. The van der Waals surface area contributed by atoms with Crippen LogP contribution in [0.15, 0.2) is 23.1 Å². The fraction of sp³-hybridized carbons (Fsp3) is 0.632. The van der Waals surface area contributed by atoms with Crippen LogP contribution in [0.3, 0.4) is 0 Å². The summed E-state index contributed by atoms with van der Waals surface area (Å²) in [6.45, 7) is 4.42. The molecule has 27 heavy (non-hydrogen) atoms. The van der Waals surface area contributed by atoms with E-state index in [-0.39, 0.29) is 10.8 Å². The van der Waals surface area contributed by atoms with Crippen LogP contribution < -0.4 is 4.74 Å². The molecule has 0 aliphatic carbocycles. The molecule has 0 unspecified atom stereocenters. The number of likely N-dealkylation sites (N-methyl/N-ethyl adjacent to an activating group) is 1. The van der Waals surface area contributed by atoms with E-state index >= 15 is 0 Å². The minimum Gasteiger partial charge on any atom is -0.496 e. The lowest BCUT2D eigenvalue weighted by molar-refractivity contribution is -0.132. The van der Waals surface area contributed by atoms with Crippen molar-refractivity contribution in [3.05, 3.63) is 23.8 Å². The summed E-state index contributed by atoms with van der Waals surface area (Å²) in [5.41, 5.74) is 0.764. The van der Waals surface area contributed by atoms with E-state index in [0.29, 0.717) is 31.7 Å².